The Morgan fingerprint density at radius 3 is 2.58 bits per heavy atom. The number of nitrogens with zero attached hydrogens (tertiary/aromatic N) is 1. The zero-order valence-corrected chi connectivity index (χ0v) is 19.7. The predicted molar refractivity (Wildman–Crippen MR) is 132 cm³/mol. The first-order valence-corrected chi connectivity index (χ1v) is 11.0. The standard InChI is InChI=1S/C26H23BrN2O4/c1-3-6-19-7-4-5-8-23(19)32-17-25(30)29-28-16-21-15-22(27)13-14-24(21)33-26(31)20-11-9-18(2)10-12-20/h3-5,7-16H,1,6,17H2,2H3,(H,29,30)/b28-16+. The first kappa shape index (κ1) is 23.9. The van der Waals surface area contributed by atoms with Crippen molar-refractivity contribution in [1.82, 2.24) is 5.43 Å². The van der Waals surface area contributed by atoms with Crippen LogP contribution in [0.3, 0.4) is 0 Å². The van der Waals surface area contributed by atoms with Gasteiger partial charge in [0.1, 0.15) is 11.5 Å². The zero-order valence-electron chi connectivity index (χ0n) is 18.1. The highest BCUT2D eigenvalue weighted by molar-refractivity contribution is 9.10. The second-order valence-corrected chi connectivity index (χ2v) is 8.04. The minimum Gasteiger partial charge on any atom is -0.483 e. The van der Waals surface area contributed by atoms with Gasteiger partial charge in [0.25, 0.3) is 5.91 Å². The van der Waals surface area contributed by atoms with Crippen molar-refractivity contribution in [2.24, 2.45) is 5.10 Å². The van der Waals surface area contributed by atoms with Crippen LogP contribution in [0.25, 0.3) is 0 Å². The number of para-hydroxylation sites is 1. The molecular weight excluding hydrogens is 484 g/mol. The number of halogens is 1. The fourth-order valence-electron chi connectivity index (χ4n) is 2.88. The van der Waals surface area contributed by atoms with Gasteiger partial charge in [0.15, 0.2) is 6.61 Å². The summed E-state index contributed by atoms with van der Waals surface area (Å²) in [5, 5.41) is 3.97. The van der Waals surface area contributed by atoms with E-state index in [1.807, 2.05) is 37.3 Å². The monoisotopic (exact) mass is 506 g/mol. The number of amides is 1. The van der Waals surface area contributed by atoms with Crippen LogP contribution >= 0.6 is 15.9 Å². The highest BCUT2D eigenvalue weighted by Gasteiger charge is 2.12. The fraction of sp³-hybridized carbons (Fsp3) is 0.115. The Morgan fingerprint density at radius 2 is 1.82 bits per heavy atom. The van der Waals surface area contributed by atoms with E-state index < -0.39 is 11.9 Å². The van der Waals surface area contributed by atoms with Gasteiger partial charge >= 0.3 is 5.97 Å². The molecule has 0 atom stereocenters. The van der Waals surface area contributed by atoms with E-state index in [-0.39, 0.29) is 6.61 Å². The smallest absolute Gasteiger partial charge is 0.343 e. The molecule has 168 valence electrons. The molecule has 0 aliphatic carbocycles. The Hall–Kier alpha value is -3.71. The summed E-state index contributed by atoms with van der Waals surface area (Å²) in [6.07, 6.45) is 3.82. The van der Waals surface area contributed by atoms with Gasteiger partial charge in [-0.25, -0.2) is 10.2 Å². The van der Waals surface area contributed by atoms with E-state index in [1.54, 1.807) is 42.5 Å². The SMILES string of the molecule is C=CCc1ccccc1OCC(=O)N/N=C/c1cc(Br)ccc1OC(=O)c1ccc(C)cc1. The van der Waals surface area contributed by atoms with Gasteiger partial charge in [-0.05, 0) is 55.3 Å². The second kappa shape index (κ2) is 11.8. The number of hydrogen-bond donors (Lipinski definition) is 1. The minimum absolute atomic E-state index is 0.195. The molecule has 6 nitrogen and oxygen atoms in total. The zero-order chi connectivity index (χ0) is 23.6. The Bertz CT molecular complexity index is 1170. The number of hydrazone groups is 1. The normalized spacial score (nSPS) is 10.6. The lowest BCUT2D eigenvalue weighted by Gasteiger charge is -2.10. The van der Waals surface area contributed by atoms with Crippen molar-refractivity contribution < 1.29 is 19.1 Å². The molecule has 3 aromatic rings. The average molecular weight is 507 g/mol. The molecule has 0 saturated carbocycles. The van der Waals surface area contributed by atoms with Crippen molar-refractivity contribution in [2.45, 2.75) is 13.3 Å². The number of esters is 1. The van der Waals surface area contributed by atoms with Gasteiger partial charge in [-0.1, -0.05) is 57.9 Å². The van der Waals surface area contributed by atoms with Gasteiger partial charge in [-0.15, -0.1) is 6.58 Å². The molecule has 0 heterocycles. The van der Waals surface area contributed by atoms with Gasteiger partial charge in [-0.2, -0.15) is 5.10 Å². The van der Waals surface area contributed by atoms with Crippen LogP contribution in [0.15, 0.2) is 89.0 Å². The minimum atomic E-state index is -0.484. The Morgan fingerprint density at radius 1 is 1.06 bits per heavy atom. The van der Waals surface area contributed by atoms with Crippen molar-refractivity contribution in [3.63, 3.8) is 0 Å². The lowest BCUT2D eigenvalue weighted by molar-refractivity contribution is -0.123. The second-order valence-electron chi connectivity index (χ2n) is 7.12. The lowest BCUT2D eigenvalue weighted by atomic mass is 10.1. The molecule has 33 heavy (non-hydrogen) atoms. The molecule has 0 aromatic heterocycles. The molecule has 0 saturated heterocycles. The summed E-state index contributed by atoms with van der Waals surface area (Å²) in [6.45, 7) is 5.47. The molecule has 0 aliphatic rings. The maximum absolute atomic E-state index is 12.5. The number of rotatable bonds is 9. The Labute approximate surface area is 201 Å². The Kier molecular flexibility index (Phi) is 8.55. The van der Waals surface area contributed by atoms with Crippen molar-refractivity contribution in [1.29, 1.82) is 0 Å². The van der Waals surface area contributed by atoms with E-state index in [1.165, 1.54) is 6.21 Å². The highest BCUT2D eigenvalue weighted by Crippen LogP contribution is 2.23. The highest BCUT2D eigenvalue weighted by atomic mass is 79.9. The molecule has 0 aliphatic heterocycles. The van der Waals surface area contributed by atoms with E-state index in [4.69, 9.17) is 9.47 Å². The van der Waals surface area contributed by atoms with Gasteiger partial charge < -0.3 is 9.47 Å². The third-order valence-electron chi connectivity index (χ3n) is 4.55. The summed E-state index contributed by atoms with van der Waals surface area (Å²) in [5.41, 5.74) is 5.37. The molecule has 0 spiro atoms. The van der Waals surface area contributed by atoms with E-state index >= 15 is 0 Å². The molecule has 7 heteroatoms. The van der Waals surface area contributed by atoms with E-state index in [9.17, 15) is 9.59 Å². The summed E-state index contributed by atoms with van der Waals surface area (Å²) >= 11 is 3.39. The Balaban J connectivity index is 1.62. The maximum atomic E-state index is 12.5. The van der Waals surface area contributed by atoms with Crippen molar-refractivity contribution in [3.8, 4) is 11.5 Å². The number of aryl methyl sites for hydroxylation is 1. The molecule has 0 bridgehead atoms. The number of carbonyl (C=O) groups is 2. The molecule has 1 N–H and O–H groups in total. The number of nitrogens with one attached hydrogen (secondary N) is 1. The van der Waals surface area contributed by atoms with Crippen LogP contribution in [0.5, 0.6) is 11.5 Å². The van der Waals surface area contributed by atoms with Crippen LogP contribution in [-0.4, -0.2) is 24.7 Å². The molecule has 0 unspecified atom stereocenters. The fourth-order valence-corrected chi connectivity index (χ4v) is 3.26. The van der Waals surface area contributed by atoms with Crippen LogP contribution in [-0.2, 0) is 11.2 Å². The third kappa shape index (κ3) is 7.15. The van der Waals surface area contributed by atoms with Crippen molar-refractivity contribution in [3.05, 3.63) is 106 Å². The van der Waals surface area contributed by atoms with Gasteiger partial charge in [0, 0.05) is 10.0 Å². The van der Waals surface area contributed by atoms with E-state index in [0.29, 0.717) is 29.0 Å². The predicted octanol–water partition coefficient (Wildman–Crippen LogP) is 5.23. The van der Waals surface area contributed by atoms with Crippen LogP contribution < -0.4 is 14.9 Å². The molecule has 3 rings (SSSR count). The summed E-state index contributed by atoms with van der Waals surface area (Å²) in [4.78, 5) is 24.6. The van der Waals surface area contributed by atoms with Crippen LogP contribution in [0.2, 0.25) is 0 Å². The summed E-state index contributed by atoms with van der Waals surface area (Å²) < 4.78 is 11.9. The quantitative estimate of drug-likeness (QED) is 0.141. The topological polar surface area (TPSA) is 77.0 Å². The van der Waals surface area contributed by atoms with Crippen molar-refractivity contribution in [2.75, 3.05) is 6.61 Å². The van der Waals surface area contributed by atoms with Crippen LogP contribution in [0.1, 0.15) is 27.0 Å². The van der Waals surface area contributed by atoms with Gasteiger partial charge in [0.2, 0.25) is 0 Å². The first-order chi connectivity index (χ1) is 16.0. The summed E-state index contributed by atoms with van der Waals surface area (Å²) in [5.74, 6) is 0.0284. The lowest BCUT2D eigenvalue weighted by Crippen LogP contribution is -2.24. The largest absolute Gasteiger partial charge is 0.483 e. The van der Waals surface area contributed by atoms with Crippen molar-refractivity contribution >= 4 is 34.0 Å². The first-order valence-electron chi connectivity index (χ1n) is 10.2. The van der Waals surface area contributed by atoms with Gasteiger partial charge in [0.05, 0.1) is 11.8 Å². The van der Waals surface area contributed by atoms with Gasteiger partial charge in [-0.3, -0.25) is 4.79 Å². The maximum Gasteiger partial charge on any atom is 0.343 e. The summed E-state index contributed by atoms with van der Waals surface area (Å²) in [6, 6.07) is 19.7. The average Bonchev–Trinajstić information content (AvgIpc) is 2.81. The summed E-state index contributed by atoms with van der Waals surface area (Å²) in [7, 11) is 0. The molecule has 0 radical (unpaired) electrons. The molecule has 0 fully saturated rings. The van der Waals surface area contributed by atoms with Crippen LogP contribution in [0, 0.1) is 6.92 Å². The molecular formula is C26H23BrN2O4. The molecule has 3 aromatic carbocycles. The van der Waals surface area contributed by atoms with E-state index in [0.717, 1.165) is 15.6 Å². The third-order valence-corrected chi connectivity index (χ3v) is 5.04. The number of hydrogen-bond acceptors (Lipinski definition) is 5. The number of allylic oxidation sites excluding steroid dienone is 1. The molecule has 1 amide bonds. The number of benzene rings is 3. The van der Waals surface area contributed by atoms with E-state index in [2.05, 4.69) is 33.0 Å². The van der Waals surface area contributed by atoms with Crippen LogP contribution in [0.4, 0.5) is 0 Å². The number of ether oxygens (including phenoxy) is 2. The number of carbonyl (C=O) groups excluding carboxylic acids is 2.